The first-order valence-electron chi connectivity index (χ1n) is 10.8. The summed E-state index contributed by atoms with van der Waals surface area (Å²) in [5.41, 5.74) is -0.618. The maximum Gasteiger partial charge on any atom is 0.296 e. The van der Waals surface area contributed by atoms with E-state index in [1.807, 2.05) is 0 Å². The molecule has 2 N–H and O–H groups in total. The highest BCUT2D eigenvalue weighted by Crippen LogP contribution is 2.29. The molecule has 1 aromatic carbocycles. The normalized spacial score (nSPS) is 20.3. The van der Waals surface area contributed by atoms with Crippen LogP contribution in [0.5, 0.6) is 11.5 Å². The van der Waals surface area contributed by atoms with Gasteiger partial charge in [-0.05, 0) is 37.8 Å². The number of hydrogen-bond donors (Lipinski definition) is 2. The molecular weight excluding hydrogens is 431 g/mol. The van der Waals surface area contributed by atoms with Crippen molar-refractivity contribution in [3.63, 3.8) is 0 Å². The zero-order valence-electron chi connectivity index (χ0n) is 18.2. The molecule has 0 aliphatic carbocycles. The number of aromatic hydroxyl groups is 1. The van der Waals surface area contributed by atoms with Gasteiger partial charge in [-0.3, -0.25) is 19.0 Å². The van der Waals surface area contributed by atoms with Gasteiger partial charge >= 0.3 is 0 Å². The van der Waals surface area contributed by atoms with E-state index in [0.29, 0.717) is 31.4 Å². The quantitative estimate of drug-likeness (QED) is 0.627. The maximum absolute atomic E-state index is 13.7. The molecule has 4 rings (SSSR count). The van der Waals surface area contributed by atoms with Crippen molar-refractivity contribution in [3.05, 3.63) is 63.6 Å². The van der Waals surface area contributed by atoms with Crippen molar-refractivity contribution in [1.82, 2.24) is 19.8 Å². The van der Waals surface area contributed by atoms with Gasteiger partial charge in [0.1, 0.15) is 17.4 Å². The first-order valence-corrected chi connectivity index (χ1v) is 10.8. The van der Waals surface area contributed by atoms with E-state index in [1.165, 1.54) is 33.7 Å². The van der Waals surface area contributed by atoms with Gasteiger partial charge in [-0.15, -0.1) is 0 Å². The number of fused-ring (bicyclic) bond motifs is 2. The molecule has 10 heteroatoms. The summed E-state index contributed by atoms with van der Waals surface area (Å²) in [6.45, 7) is 0.523. The van der Waals surface area contributed by atoms with Crippen LogP contribution in [0.2, 0.25) is 0 Å². The fraction of sp³-hybridized carbons (Fsp3) is 0.391. The van der Waals surface area contributed by atoms with Gasteiger partial charge in [-0.25, -0.2) is 9.37 Å². The van der Waals surface area contributed by atoms with Crippen molar-refractivity contribution in [3.8, 4) is 11.5 Å². The number of carbonyl (C=O) groups excluding carboxylic acids is 2. The summed E-state index contributed by atoms with van der Waals surface area (Å²) in [4.78, 5) is 44.4. The predicted octanol–water partition coefficient (Wildman–Crippen LogP) is 2.04. The van der Waals surface area contributed by atoms with Crippen LogP contribution in [0.4, 0.5) is 4.39 Å². The number of aromatic nitrogens is 2. The molecule has 2 aromatic rings. The summed E-state index contributed by atoms with van der Waals surface area (Å²) in [6.07, 6.45) is 5.50. The first-order chi connectivity index (χ1) is 15.9. The topological polar surface area (TPSA) is 114 Å². The lowest BCUT2D eigenvalue weighted by Crippen LogP contribution is -2.36. The second kappa shape index (κ2) is 9.43. The van der Waals surface area contributed by atoms with Crippen molar-refractivity contribution in [2.24, 2.45) is 0 Å². The molecule has 1 unspecified atom stereocenters. The minimum Gasteiger partial charge on any atom is -0.501 e. The molecule has 0 saturated carbocycles. The molecule has 0 spiro atoms. The van der Waals surface area contributed by atoms with E-state index in [2.05, 4.69) is 10.3 Å². The Hall–Kier alpha value is -3.69. The minimum absolute atomic E-state index is 0.0222. The number of amides is 2. The van der Waals surface area contributed by atoms with Gasteiger partial charge in [0.25, 0.3) is 11.5 Å². The number of nitrogens with one attached hydrogen (secondary N) is 1. The number of rotatable bonds is 0. The summed E-state index contributed by atoms with van der Waals surface area (Å²) < 4.78 is 20.7. The average molecular weight is 456 g/mol. The fourth-order valence-corrected chi connectivity index (χ4v) is 4.05. The molecule has 2 bridgehead atoms. The number of nitrogens with zero attached hydrogens (tertiary/aromatic N) is 3. The summed E-state index contributed by atoms with van der Waals surface area (Å²) >= 11 is 0. The van der Waals surface area contributed by atoms with Crippen molar-refractivity contribution < 1.29 is 23.8 Å². The summed E-state index contributed by atoms with van der Waals surface area (Å²) in [5, 5.41) is 13.1. The molecule has 1 aromatic heterocycles. The lowest BCUT2D eigenvalue weighted by atomic mass is 10.1. The van der Waals surface area contributed by atoms with Crippen LogP contribution in [-0.2, 0) is 17.9 Å². The predicted molar refractivity (Wildman–Crippen MR) is 116 cm³/mol. The lowest BCUT2D eigenvalue weighted by molar-refractivity contribution is -0.127. The summed E-state index contributed by atoms with van der Waals surface area (Å²) in [7, 11) is 1.62. The Morgan fingerprint density at radius 1 is 1.24 bits per heavy atom. The van der Waals surface area contributed by atoms with Crippen LogP contribution in [0.3, 0.4) is 0 Å². The molecule has 3 heterocycles. The van der Waals surface area contributed by atoms with E-state index in [9.17, 15) is 23.9 Å². The molecular formula is C23H25FN4O5. The number of hydrogen-bond acceptors (Lipinski definition) is 6. The van der Waals surface area contributed by atoms with Crippen LogP contribution in [0, 0.1) is 5.82 Å². The van der Waals surface area contributed by atoms with Crippen LogP contribution in [0.25, 0.3) is 0 Å². The molecule has 174 valence electrons. The Kier molecular flexibility index (Phi) is 6.43. The third kappa shape index (κ3) is 4.59. The minimum atomic E-state index is -0.757. The van der Waals surface area contributed by atoms with E-state index >= 15 is 0 Å². The van der Waals surface area contributed by atoms with Crippen LogP contribution >= 0.6 is 0 Å². The Bertz CT molecular complexity index is 1180. The molecule has 0 saturated heterocycles. The van der Waals surface area contributed by atoms with Crippen LogP contribution in [0.1, 0.15) is 53.6 Å². The van der Waals surface area contributed by atoms with Gasteiger partial charge in [-0.1, -0.05) is 12.1 Å². The van der Waals surface area contributed by atoms with Crippen LogP contribution < -0.4 is 15.6 Å². The van der Waals surface area contributed by atoms with Crippen molar-refractivity contribution in [1.29, 1.82) is 0 Å². The molecule has 33 heavy (non-hydrogen) atoms. The number of halogens is 1. The molecule has 2 aliphatic rings. The summed E-state index contributed by atoms with van der Waals surface area (Å²) in [6, 6.07) is 3.41. The Morgan fingerprint density at radius 2 is 2.06 bits per heavy atom. The third-order valence-corrected chi connectivity index (χ3v) is 5.88. The molecule has 1 atom stereocenters. The molecule has 0 radical (unpaired) electrons. The standard InChI is InChI=1S/C23H25FN4O5/c1-27-16-6-2-4-10-28-21(16)26-19(20(30)23(28)32)22(31)25-13-14-8-9-15(24)12-17(14)33-11-5-3-7-18(27)29/h3,7-9,12,16,30H,2,4-6,10-11,13H2,1H3,(H,25,31)/b7-3+. The van der Waals surface area contributed by atoms with Gasteiger partial charge in [0.15, 0.2) is 5.69 Å². The maximum atomic E-state index is 13.7. The van der Waals surface area contributed by atoms with Crippen LogP contribution in [-0.4, -0.2) is 45.0 Å². The fourth-order valence-electron chi connectivity index (χ4n) is 4.05. The van der Waals surface area contributed by atoms with Gasteiger partial charge in [0.2, 0.25) is 11.7 Å². The van der Waals surface area contributed by atoms with Crippen LogP contribution in [0.15, 0.2) is 35.1 Å². The average Bonchev–Trinajstić information content (AvgIpc) is 3.01. The monoisotopic (exact) mass is 456 g/mol. The highest BCUT2D eigenvalue weighted by Gasteiger charge is 2.31. The van der Waals surface area contributed by atoms with Gasteiger partial charge < -0.3 is 20.1 Å². The van der Waals surface area contributed by atoms with Gasteiger partial charge in [-0.2, -0.15) is 0 Å². The zero-order chi connectivity index (χ0) is 23.5. The third-order valence-electron chi connectivity index (χ3n) is 5.88. The molecule has 2 amide bonds. The largest absolute Gasteiger partial charge is 0.501 e. The second-order valence-corrected chi connectivity index (χ2v) is 8.06. The van der Waals surface area contributed by atoms with E-state index < -0.39 is 34.8 Å². The Morgan fingerprint density at radius 3 is 2.88 bits per heavy atom. The summed E-state index contributed by atoms with van der Waals surface area (Å²) in [5.74, 6) is -1.78. The molecule has 2 aliphatic heterocycles. The van der Waals surface area contributed by atoms with E-state index in [0.717, 1.165) is 6.42 Å². The molecule has 0 fully saturated rings. The number of carbonyl (C=O) groups is 2. The van der Waals surface area contributed by atoms with Gasteiger partial charge in [0.05, 0.1) is 12.6 Å². The second-order valence-electron chi connectivity index (χ2n) is 8.06. The first kappa shape index (κ1) is 22.5. The highest BCUT2D eigenvalue weighted by molar-refractivity contribution is 5.94. The SMILES string of the molecule is CN1C(=O)/C=C/CCOc2cc(F)ccc2CNC(=O)c2nc3n(c(=O)c2O)CCCCC31. The zero-order valence-corrected chi connectivity index (χ0v) is 18.2. The van der Waals surface area contributed by atoms with Gasteiger partial charge in [0, 0.05) is 31.8 Å². The molecule has 9 nitrogen and oxygen atoms in total. The number of benzene rings is 1. The van der Waals surface area contributed by atoms with Crippen molar-refractivity contribution >= 4 is 11.8 Å². The number of ether oxygens (including phenoxy) is 1. The Balaban J connectivity index is 1.80. The Labute approximate surface area is 189 Å². The van der Waals surface area contributed by atoms with E-state index in [4.69, 9.17) is 4.74 Å². The smallest absolute Gasteiger partial charge is 0.296 e. The number of likely N-dealkylation sites (N-methyl/N-ethyl adjacent to an activating group) is 1. The van der Waals surface area contributed by atoms with Crippen molar-refractivity contribution in [2.45, 2.75) is 44.8 Å². The lowest BCUT2D eigenvalue weighted by Gasteiger charge is -2.27. The highest BCUT2D eigenvalue weighted by atomic mass is 19.1. The van der Waals surface area contributed by atoms with E-state index in [1.54, 1.807) is 13.1 Å². The van der Waals surface area contributed by atoms with Crippen molar-refractivity contribution in [2.75, 3.05) is 13.7 Å². The van der Waals surface area contributed by atoms with E-state index in [-0.39, 0.29) is 30.6 Å².